The van der Waals surface area contributed by atoms with Crippen LogP contribution in [0.25, 0.3) is 0 Å². The molecule has 5 nitrogen and oxygen atoms in total. The molecule has 2 fully saturated rings. The smallest absolute Gasteiger partial charge is 0.336 e. The monoisotopic (exact) mass is 411 g/mol. The zero-order valence-electron chi connectivity index (χ0n) is 18.6. The fraction of sp³-hybridized carbons (Fsp3) is 0.640. The lowest BCUT2D eigenvalue weighted by Gasteiger charge is -2.40. The van der Waals surface area contributed by atoms with E-state index < -0.39 is 11.8 Å². The van der Waals surface area contributed by atoms with Gasteiger partial charge in [-0.15, -0.1) is 0 Å². The van der Waals surface area contributed by atoms with E-state index in [0.29, 0.717) is 23.5 Å². The van der Waals surface area contributed by atoms with Crippen LogP contribution >= 0.6 is 0 Å². The highest BCUT2D eigenvalue weighted by atomic mass is 16.5. The van der Waals surface area contributed by atoms with E-state index in [1.807, 2.05) is 26.0 Å². The van der Waals surface area contributed by atoms with Gasteiger partial charge in [-0.2, -0.15) is 0 Å². The third-order valence-electron chi connectivity index (χ3n) is 6.73. The molecule has 162 valence electrons. The van der Waals surface area contributed by atoms with Gasteiger partial charge in [0.15, 0.2) is 0 Å². The topological polar surface area (TPSA) is 68.9 Å². The molecule has 3 aliphatic rings. The van der Waals surface area contributed by atoms with Crippen molar-refractivity contribution in [3.05, 3.63) is 34.9 Å². The Labute approximate surface area is 179 Å². The summed E-state index contributed by atoms with van der Waals surface area (Å²) in [5.41, 5.74) is 1.91. The lowest BCUT2D eigenvalue weighted by Crippen LogP contribution is -2.44. The summed E-state index contributed by atoms with van der Waals surface area (Å²) in [6.07, 6.45) is 7.59. The largest absolute Gasteiger partial charge is 0.466 e. The van der Waals surface area contributed by atoms with E-state index in [-0.39, 0.29) is 23.3 Å². The number of carbonyl (C=O) groups is 2. The number of hydrogen-bond acceptors (Lipinski definition) is 5. The van der Waals surface area contributed by atoms with Crippen LogP contribution in [-0.4, -0.2) is 23.6 Å². The highest BCUT2D eigenvalue weighted by Crippen LogP contribution is 2.47. The molecular formula is C25H33NO4. The van der Waals surface area contributed by atoms with Gasteiger partial charge < -0.3 is 9.15 Å². The average molecular weight is 412 g/mol. The van der Waals surface area contributed by atoms with Crippen molar-refractivity contribution in [1.29, 1.82) is 0 Å². The van der Waals surface area contributed by atoms with Gasteiger partial charge in [-0.25, -0.2) is 4.79 Å². The number of allylic oxidation sites excluding steroid dienone is 1. The Morgan fingerprint density at radius 2 is 1.77 bits per heavy atom. The summed E-state index contributed by atoms with van der Waals surface area (Å²) in [5.74, 6) is 0.337. The summed E-state index contributed by atoms with van der Waals surface area (Å²) < 4.78 is 11.9. The van der Waals surface area contributed by atoms with Crippen LogP contribution in [0.3, 0.4) is 0 Å². The first-order chi connectivity index (χ1) is 14.2. The summed E-state index contributed by atoms with van der Waals surface area (Å²) in [6.45, 7) is 7.95. The molecule has 5 heteroatoms. The van der Waals surface area contributed by atoms with Crippen molar-refractivity contribution < 1.29 is 18.7 Å². The summed E-state index contributed by atoms with van der Waals surface area (Å²) in [7, 11) is 0. The van der Waals surface area contributed by atoms with Crippen molar-refractivity contribution in [3.8, 4) is 0 Å². The second-order valence-corrected chi connectivity index (χ2v) is 10.0. The normalized spacial score (nSPS) is 27.3. The quantitative estimate of drug-likeness (QED) is 0.474. The molecule has 0 bridgehead atoms. The van der Waals surface area contributed by atoms with E-state index in [1.54, 1.807) is 0 Å². The summed E-state index contributed by atoms with van der Waals surface area (Å²) in [6, 6.07) is 3.78. The van der Waals surface area contributed by atoms with Gasteiger partial charge in [-0.1, -0.05) is 26.7 Å². The number of fused-ring (bicyclic) bond motifs is 1. The van der Waals surface area contributed by atoms with E-state index >= 15 is 0 Å². The van der Waals surface area contributed by atoms with Gasteiger partial charge in [0.1, 0.15) is 23.4 Å². The van der Waals surface area contributed by atoms with E-state index in [4.69, 9.17) is 14.1 Å². The minimum absolute atomic E-state index is 0.0503. The lowest BCUT2D eigenvalue weighted by molar-refractivity contribution is -0.145. The number of nitrogens with zero attached hydrogens (tertiary/aromatic N) is 1. The minimum atomic E-state index is -0.451. The van der Waals surface area contributed by atoms with Crippen molar-refractivity contribution in [1.82, 2.24) is 0 Å². The predicted molar refractivity (Wildman–Crippen MR) is 115 cm³/mol. The summed E-state index contributed by atoms with van der Waals surface area (Å²) >= 11 is 0. The number of aliphatic imine (C=N–C) groups is 1. The minimum Gasteiger partial charge on any atom is -0.466 e. The van der Waals surface area contributed by atoms with Gasteiger partial charge >= 0.3 is 5.97 Å². The number of ether oxygens (including phenoxy) is 1. The number of Topliss-reactive ketones (excluding diaryl/α,β-unsaturated/α-hetero) is 1. The number of carbonyl (C=O) groups excluding carboxylic acids is 2. The molecule has 30 heavy (non-hydrogen) atoms. The molecule has 2 atom stereocenters. The maximum Gasteiger partial charge on any atom is 0.336 e. The molecule has 0 spiro atoms. The molecule has 0 aromatic carbocycles. The number of aryl methyl sites for hydroxylation is 1. The molecule has 0 saturated heterocycles. The van der Waals surface area contributed by atoms with Crippen LogP contribution in [-0.2, 0) is 14.3 Å². The molecule has 2 aliphatic carbocycles. The molecule has 1 aliphatic heterocycles. The molecule has 2 saturated carbocycles. The van der Waals surface area contributed by atoms with Crippen LogP contribution in [0.2, 0.25) is 0 Å². The first-order valence-corrected chi connectivity index (χ1v) is 11.3. The number of ketones is 1. The highest BCUT2D eigenvalue weighted by molar-refractivity contribution is 6.12. The van der Waals surface area contributed by atoms with Crippen molar-refractivity contribution in [2.45, 2.75) is 91.1 Å². The van der Waals surface area contributed by atoms with Crippen LogP contribution < -0.4 is 0 Å². The SMILES string of the molecule is CC1=C(C(=O)OC2CCCCCC2)[C@@H](c2ccc(C)o2)C2C(=O)CC(C)(C)CC2=N1. The molecule has 0 amide bonds. The summed E-state index contributed by atoms with van der Waals surface area (Å²) in [4.78, 5) is 31.4. The first kappa shape index (κ1) is 21.1. The third-order valence-corrected chi connectivity index (χ3v) is 6.73. The molecular weight excluding hydrogens is 378 g/mol. The second-order valence-electron chi connectivity index (χ2n) is 10.0. The van der Waals surface area contributed by atoms with Crippen LogP contribution in [0.1, 0.15) is 89.6 Å². The molecule has 2 heterocycles. The molecule has 1 unspecified atom stereocenters. The van der Waals surface area contributed by atoms with E-state index in [0.717, 1.165) is 43.6 Å². The number of esters is 1. The van der Waals surface area contributed by atoms with Gasteiger partial charge in [0.2, 0.25) is 0 Å². The lowest BCUT2D eigenvalue weighted by atomic mass is 9.64. The van der Waals surface area contributed by atoms with Crippen LogP contribution in [0.4, 0.5) is 0 Å². The standard InChI is InChI=1S/C25H33NO4/c1-15-11-12-20(29-15)23-21(24(28)30-17-9-7-5-6-8-10-17)16(2)26-18-13-25(3,4)14-19(27)22(18)23/h11-12,17,22-23H,5-10,13-14H2,1-4H3/t22?,23-/m1/s1. The van der Waals surface area contributed by atoms with E-state index in [9.17, 15) is 9.59 Å². The fourth-order valence-electron chi connectivity index (χ4n) is 5.36. The Hall–Kier alpha value is -2.17. The zero-order chi connectivity index (χ0) is 21.5. The number of rotatable bonds is 3. The van der Waals surface area contributed by atoms with E-state index in [1.165, 1.54) is 12.8 Å². The van der Waals surface area contributed by atoms with Crippen molar-refractivity contribution in [3.63, 3.8) is 0 Å². The third kappa shape index (κ3) is 4.17. The van der Waals surface area contributed by atoms with Gasteiger partial charge in [0.05, 0.1) is 17.4 Å². The maximum atomic E-state index is 13.4. The Bertz CT molecular complexity index is 896. The Morgan fingerprint density at radius 3 is 2.40 bits per heavy atom. The molecule has 1 aromatic rings. The van der Waals surface area contributed by atoms with Crippen molar-refractivity contribution in [2.24, 2.45) is 16.3 Å². The van der Waals surface area contributed by atoms with Crippen LogP contribution in [0.15, 0.2) is 32.8 Å². The van der Waals surface area contributed by atoms with Gasteiger partial charge in [0.25, 0.3) is 0 Å². The van der Waals surface area contributed by atoms with Gasteiger partial charge in [0, 0.05) is 17.8 Å². The summed E-state index contributed by atoms with van der Waals surface area (Å²) in [5, 5.41) is 0. The van der Waals surface area contributed by atoms with Crippen molar-refractivity contribution >= 4 is 17.5 Å². The van der Waals surface area contributed by atoms with Crippen molar-refractivity contribution in [2.75, 3.05) is 0 Å². The first-order valence-electron chi connectivity index (χ1n) is 11.3. The molecule has 0 N–H and O–H groups in total. The maximum absolute atomic E-state index is 13.4. The molecule has 4 rings (SSSR count). The molecule has 1 aromatic heterocycles. The highest BCUT2D eigenvalue weighted by Gasteiger charge is 2.49. The van der Waals surface area contributed by atoms with Crippen LogP contribution in [0, 0.1) is 18.3 Å². The zero-order valence-corrected chi connectivity index (χ0v) is 18.6. The average Bonchev–Trinajstić information content (AvgIpc) is 2.91. The molecule has 0 radical (unpaired) electrons. The number of furan rings is 1. The Balaban J connectivity index is 1.72. The Kier molecular flexibility index (Phi) is 5.73. The number of hydrogen-bond donors (Lipinski definition) is 0. The predicted octanol–water partition coefficient (Wildman–Crippen LogP) is 5.67. The second kappa shape index (κ2) is 8.16. The van der Waals surface area contributed by atoms with Crippen LogP contribution in [0.5, 0.6) is 0 Å². The Morgan fingerprint density at radius 1 is 1.07 bits per heavy atom. The van der Waals surface area contributed by atoms with Gasteiger partial charge in [-0.05, 0) is 63.5 Å². The fourth-order valence-corrected chi connectivity index (χ4v) is 5.36. The van der Waals surface area contributed by atoms with E-state index in [2.05, 4.69) is 13.8 Å². The van der Waals surface area contributed by atoms with Gasteiger partial charge in [-0.3, -0.25) is 9.79 Å².